The van der Waals surface area contributed by atoms with E-state index in [2.05, 4.69) is 4.98 Å². The molecule has 0 radical (unpaired) electrons. The molecule has 0 fully saturated rings. The zero-order chi connectivity index (χ0) is 12.0. The number of ether oxygens (including phenoxy) is 1. The summed E-state index contributed by atoms with van der Waals surface area (Å²) in [5.74, 6) is 0.814. The molecule has 0 bridgehead atoms. The third-order valence-corrected chi connectivity index (χ3v) is 3.72. The van der Waals surface area contributed by atoms with Gasteiger partial charge in [0.15, 0.2) is 0 Å². The van der Waals surface area contributed by atoms with Gasteiger partial charge in [-0.1, -0.05) is 0 Å². The molecule has 0 spiro atoms. The van der Waals surface area contributed by atoms with Gasteiger partial charge in [0.1, 0.15) is 5.75 Å². The predicted molar refractivity (Wildman–Crippen MR) is 71.2 cm³/mol. The van der Waals surface area contributed by atoms with E-state index in [9.17, 15) is 4.79 Å². The van der Waals surface area contributed by atoms with Crippen molar-refractivity contribution >= 4 is 33.0 Å². The van der Waals surface area contributed by atoms with E-state index >= 15 is 0 Å². The number of aryl methyl sites for hydroxylation is 1. The summed E-state index contributed by atoms with van der Waals surface area (Å²) in [6, 6.07) is 3.89. The molecule has 0 unspecified atom stereocenters. The number of pyridine rings is 1. The quantitative estimate of drug-likeness (QED) is 0.716. The number of aromatic amines is 1. The van der Waals surface area contributed by atoms with Gasteiger partial charge in [0.05, 0.1) is 18.0 Å². The highest BCUT2D eigenvalue weighted by atomic mass is 32.1. The lowest BCUT2D eigenvalue weighted by atomic mass is 10.1. The molecular formula is C13H11NO2S. The van der Waals surface area contributed by atoms with Crippen molar-refractivity contribution in [2.24, 2.45) is 0 Å². The van der Waals surface area contributed by atoms with E-state index in [1.54, 1.807) is 18.4 Å². The van der Waals surface area contributed by atoms with Crippen LogP contribution in [0.1, 0.15) is 5.56 Å². The number of methoxy groups -OCH3 is 1. The Balaban J connectivity index is 2.60. The summed E-state index contributed by atoms with van der Waals surface area (Å²) in [6.45, 7) is 1.97. The van der Waals surface area contributed by atoms with Gasteiger partial charge in [-0.05, 0) is 30.0 Å². The first-order valence-electron chi connectivity index (χ1n) is 5.27. The second-order valence-corrected chi connectivity index (χ2v) is 4.76. The van der Waals surface area contributed by atoms with Crippen molar-refractivity contribution in [3.05, 3.63) is 38.8 Å². The van der Waals surface area contributed by atoms with E-state index in [1.165, 1.54) is 0 Å². The molecule has 0 amide bonds. The summed E-state index contributed by atoms with van der Waals surface area (Å²) >= 11 is 1.54. The largest absolute Gasteiger partial charge is 0.497 e. The first kappa shape index (κ1) is 10.4. The smallest absolute Gasteiger partial charge is 0.257 e. The molecule has 1 N–H and O–H groups in total. The van der Waals surface area contributed by atoms with Gasteiger partial charge in [-0.2, -0.15) is 11.3 Å². The van der Waals surface area contributed by atoms with Crippen molar-refractivity contribution in [3.63, 3.8) is 0 Å². The fourth-order valence-corrected chi connectivity index (χ4v) is 2.94. The van der Waals surface area contributed by atoms with Crippen molar-refractivity contribution in [2.45, 2.75) is 6.92 Å². The molecule has 2 aromatic heterocycles. The molecular weight excluding hydrogens is 234 g/mol. The molecule has 3 rings (SSSR count). The molecule has 0 aliphatic carbocycles. The minimum absolute atomic E-state index is 0.0259. The summed E-state index contributed by atoms with van der Waals surface area (Å²) < 4.78 is 5.27. The van der Waals surface area contributed by atoms with Gasteiger partial charge in [-0.25, -0.2) is 0 Å². The number of hydrogen-bond donors (Lipinski definition) is 1. The number of fused-ring (bicyclic) bond motifs is 3. The van der Waals surface area contributed by atoms with Crippen molar-refractivity contribution in [2.75, 3.05) is 7.11 Å². The summed E-state index contributed by atoms with van der Waals surface area (Å²) in [7, 11) is 1.65. The lowest BCUT2D eigenvalue weighted by Gasteiger charge is -2.07. The maximum absolute atomic E-state index is 11.9. The van der Waals surface area contributed by atoms with Crippen molar-refractivity contribution in [1.82, 2.24) is 4.98 Å². The number of rotatable bonds is 1. The number of thiophene rings is 1. The standard InChI is InChI=1S/C13H11NO2S/c1-7-3-8(16-2)4-9-10-5-17-6-11(10)13(15)14-12(7)9/h3-6H,1-2H3,(H,14,15). The van der Waals surface area contributed by atoms with Crippen LogP contribution in [-0.4, -0.2) is 12.1 Å². The van der Waals surface area contributed by atoms with Crippen LogP contribution >= 0.6 is 11.3 Å². The van der Waals surface area contributed by atoms with E-state index < -0.39 is 0 Å². The monoisotopic (exact) mass is 245 g/mol. The molecule has 0 saturated carbocycles. The second-order valence-electron chi connectivity index (χ2n) is 4.02. The lowest BCUT2D eigenvalue weighted by Crippen LogP contribution is -2.05. The van der Waals surface area contributed by atoms with E-state index in [4.69, 9.17) is 4.74 Å². The maximum Gasteiger partial charge on any atom is 0.257 e. The number of nitrogens with one attached hydrogen (secondary N) is 1. The van der Waals surface area contributed by atoms with Gasteiger partial charge in [-0.15, -0.1) is 0 Å². The Kier molecular flexibility index (Phi) is 2.19. The summed E-state index contributed by atoms with van der Waals surface area (Å²) in [5.41, 5.74) is 1.88. The minimum atomic E-state index is -0.0259. The third-order valence-electron chi connectivity index (χ3n) is 2.98. The van der Waals surface area contributed by atoms with Crippen LogP contribution in [0.25, 0.3) is 21.7 Å². The van der Waals surface area contributed by atoms with Gasteiger partial charge in [0.25, 0.3) is 5.56 Å². The Bertz CT molecular complexity index is 770. The zero-order valence-corrected chi connectivity index (χ0v) is 10.4. The molecule has 3 aromatic rings. The van der Waals surface area contributed by atoms with Crippen molar-refractivity contribution in [1.29, 1.82) is 0 Å². The second kappa shape index (κ2) is 3.60. The molecule has 1 aromatic carbocycles. The topological polar surface area (TPSA) is 42.1 Å². The molecule has 17 heavy (non-hydrogen) atoms. The molecule has 0 atom stereocenters. The van der Waals surface area contributed by atoms with Gasteiger partial charge < -0.3 is 9.72 Å². The fraction of sp³-hybridized carbons (Fsp3) is 0.154. The number of aromatic nitrogens is 1. The van der Waals surface area contributed by atoms with Crippen LogP contribution in [-0.2, 0) is 0 Å². The van der Waals surface area contributed by atoms with Crippen LogP contribution in [0.15, 0.2) is 27.7 Å². The molecule has 3 nitrogen and oxygen atoms in total. The Morgan fingerprint density at radius 3 is 2.71 bits per heavy atom. The zero-order valence-electron chi connectivity index (χ0n) is 9.53. The van der Waals surface area contributed by atoms with Crippen LogP contribution in [0.2, 0.25) is 0 Å². The summed E-state index contributed by atoms with van der Waals surface area (Å²) in [4.78, 5) is 14.8. The molecule has 86 valence electrons. The van der Waals surface area contributed by atoms with E-state index in [0.717, 1.165) is 33.0 Å². The number of benzene rings is 1. The van der Waals surface area contributed by atoms with Crippen LogP contribution in [0.3, 0.4) is 0 Å². The van der Waals surface area contributed by atoms with Crippen LogP contribution in [0, 0.1) is 6.92 Å². The van der Waals surface area contributed by atoms with Crippen LogP contribution in [0.4, 0.5) is 0 Å². The third kappa shape index (κ3) is 1.45. The number of H-pyrrole nitrogens is 1. The first-order chi connectivity index (χ1) is 8.20. The first-order valence-corrected chi connectivity index (χ1v) is 6.21. The highest BCUT2D eigenvalue weighted by Gasteiger charge is 2.09. The SMILES string of the molecule is COc1cc(C)c2[nH]c(=O)c3cscc3c2c1. The van der Waals surface area contributed by atoms with Gasteiger partial charge in [0.2, 0.25) is 0 Å². The molecule has 0 aliphatic heterocycles. The van der Waals surface area contributed by atoms with E-state index in [-0.39, 0.29) is 5.56 Å². The number of hydrogen-bond acceptors (Lipinski definition) is 3. The van der Waals surface area contributed by atoms with Crippen LogP contribution < -0.4 is 10.3 Å². The maximum atomic E-state index is 11.9. The predicted octanol–water partition coefficient (Wildman–Crippen LogP) is 3.06. The Morgan fingerprint density at radius 2 is 1.94 bits per heavy atom. The lowest BCUT2D eigenvalue weighted by molar-refractivity contribution is 0.415. The molecule has 2 heterocycles. The Labute approximate surface area is 102 Å². The Morgan fingerprint density at radius 1 is 1.18 bits per heavy atom. The normalized spacial score (nSPS) is 11.2. The van der Waals surface area contributed by atoms with Crippen LogP contribution in [0.5, 0.6) is 5.75 Å². The highest BCUT2D eigenvalue weighted by Crippen LogP contribution is 2.29. The van der Waals surface area contributed by atoms with E-state index in [0.29, 0.717) is 0 Å². The molecule has 4 heteroatoms. The average Bonchev–Trinajstić information content (AvgIpc) is 2.80. The van der Waals surface area contributed by atoms with Gasteiger partial charge >= 0.3 is 0 Å². The molecule has 0 saturated heterocycles. The summed E-state index contributed by atoms with van der Waals surface area (Å²) in [6.07, 6.45) is 0. The highest BCUT2D eigenvalue weighted by molar-refractivity contribution is 7.09. The minimum Gasteiger partial charge on any atom is -0.497 e. The van der Waals surface area contributed by atoms with Gasteiger partial charge in [-0.3, -0.25) is 4.79 Å². The summed E-state index contributed by atoms with van der Waals surface area (Å²) in [5, 5.41) is 6.66. The van der Waals surface area contributed by atoms with E-state index in [1.807, 2.05) is 29.8 Å². The average molecular weight is 245 g/mol. The van der Waals surface area contributed by atoms with Gasteiger partial charge in [0, 0.05) is 16.2 Å². The molecule has 0 aliphatic rings. The van der Waals surface area contributed by atoms with Crippen molar-refractivity contribution in [3.8, 4) is 5.75 Å². The van der Waals surface area contributed by atoms with Crippen molar-refractivity contribution < 1.29 is 4.74 Å². The Hall–Kier alpha value is -1.81. The fourth-order valence-electron chi connectivity index (χ4n) is 2.11.